The minimum Gasteiger partial charge on any atom is -0.338 e. The quantitative estimate of drug-likeness (QED) is 0.888. The Bertz CT molecular complexity index is 635. The number of carbonyl (C=O) groups excluding carboxylic acids is 1. The third-order valence-corrected chi connectivity index (χ3v) is 5.38. The van der Waals surface area contributed by atoms with Gasteiger partial charge in [0.1, 0.15) is 0 Å². The van der Waals surface area contributed by atoms with Crippen molar-refractivity contribution in [3.8, 4) is 0 Å². The van der Waals surface area contributed by atoms with Gasteiger partial charge in [-0.15, -0.1) is 0 Å². The van der Waals surface area contributed by atoms with Crippen molar-refractivity contribution < 1.29 is 13.2 Å². The van der Waals surface area contributed by atoms with Gasteiger partial charge in [-0.05, 0) is 25.3 Å². The second-order valence-corrected chi connectivity index (χ2v) is 7.79. The number of hydrogen-bond acceptors (Lipinski definition) is 3. The van der Waals surface area contributed by atoms with Crippen LogP contribution in [0.5, 0.6) is 0 Å². The molecule has 1 aliphatic heterocycles. The molecule has 1 aliphatic carbocycles. The summed E-state index contributed by atoms with van der Waals surface area (Å²) in [6.07, 6.45) is 2.38. The molecule has 21 heavy (non-hydrogen) atoms. The highest BCUT2D eigenvalue weighted by atomic mass is 32.2. The van der Waals surface area contributed by atoms with E-state index >= 15 is 0 Å². The minimum absolute atomic E-state index is 0.0403. The van der Waals surface area contributed by atoms with Crippen LogP contribution in [0, 0.1) is 6.92 Å². The van der Waals surface area contributed by atoms with Crippen LogP contribution in [-0.4, -0.2) is 37.9 Å². The van der Waals surface area contributed by atoms with Gasteiger partial charge in [0, 0.05) is 25.0 Å². The van der Waals surface area contributed by atoms with E-state index in [0.29, 0.717) is 12.6 Å². The van der Waals surface area contributed by atoms with Gasteiger partial charge in [-0.1, -0.05) is 29.8 Å². The average molecular weight is 308 g/mol. The van der Waals surface area contributed by atoms with Crippen molar-refractivity contribution in [2.45, 2.75) is 44.0 Å². The molecule has 2 aliphatic rings. The van der Waals surface area contributed by atoms with Crippen LogP contribution < -0.4 is 4.72 Å². The SMILES string of the molecule is Cc1ccc(CS(=O)(=O)NC2CC(=O)N(C3CC3)C2)cc1. The summed E-state index contributed by atoms with van der Waals surface area (Å²) in [5.74, 6) is 0.0297. The largest absolute Gasteiger partial charge is 0.338 e. The van der Waals surface area contributed by atoms with Crippen molar-refractivity contribution in [1.29, 1.82) is 0 Å². The summed E-state index contributed by atoms with van der Waals surface area (Å²) in [6, 6.07) is 7.52. The van der Waals surface area contributed by atoms with E-state index in [2.05, 4.69) is 4.72 Å². The van der Waals surface area contributed by atoms with Crippen molar-refractivity contribution in [1.82, 2.24) is 9.62 Å². The van der Waals surface area contributed by atoms with Crippen LogP contribution in [0.25, 0.3) is 0 Å². The molecule has 3 rings (SSSR count). The molecule has 1 saturated heterocycles. The van der Waals surface area contributed by atoms with E-state index in [1.165, 1.54) is 0 Å². The molecule has 0 spiro atoms. The van der Waals surface area contributed by atoms with Crippen LogP contribution in [0.2, 0.25) is 0 Å². The third-order valence-electron chi connectivity index (χ3n) is 3.97. The number of benzene rings is 1. The van der Waals surface area contributed by atoms with Gasteiger partial charge < -0.3 is 4.90 Å². The van der Waals surface area contributed by atoms with E-state index in [1.54, 1.807) is 0 Å². The van der Waals surface area contributed by atoms with Crippen LogP contribution in [0.3, 0.4) is 0 Å². The van der Waals surface area contributed by atoms with Crippen LogP contribution >= 0.6 is 0 Å². The number of rotatable bonds is 5. The number of sulfonamides is 1. The first-order valence-corrected chi connectivity index (χ1v) is 8.93. The molecule has 1 heterocycles. The van der Waals surface area contributed by atoms with Crippen LogP contribution in [0.15, 0.2) is 24.3 Å². The number of nitrogens with zero attached hydrogens (tertiary/aromatic N) is 1. The zero-order chi connectivity index (χ0) is 15.0. The molecule has 1 atom stereocenters. The normalized spacial score (nSPS) is 22.8. The lowest BCUT2D eigenvalue weighted by Gasteiger charge is -2.16. The Balaban J connectivity index is 1.61. The number of amides is 1. The molecule has 1 aromatic rings. The molecule has 6 heteroatoms. The Hall–Kier alpha value is -1.40. The molecule has 2 fully saturated rings. The number of nitrogens with one attached hydrogen (secondary N) is 1. The fourth-order valence-electron chi connectivity index (χ4n) is 2.75. The summed E-state index contributed by atoms with van der Waals surface area (Å²) in [6.45, 7) is 2.48. The summed E-state index contributed by atoms with van der Waals surface area (Å²) in [4.78, 5) is 13.7. The van der Waals surface area contributed by atoms with E-state index in [-0.39, 0.29) is 24.1 Å². The van der Waals surface area contributed by atoms with Crippen molar-refractivity contribution in [3.63, 3.8) is 0 Å². The van der Waals surface area contributed by atoms with Gasteiger partial charge >= 0.3 is 0 Å². The molecule has 1 N–H and O–H groups in total. The fourth-order valence-corrected chi connectivity index (χ4v) is 4.13. The monoisotopic (exact) mass is 308 g/mol. The lowest BCUT2D eigenvalue weighted by atomic mass is 10.2. The smallest absolute Gasteiger partial charge is 0.224 e. The summed E-state index contributed by atoms with van der Waals surface area (Å²) in [7, 11) is -3.41. The Morgan fingerprint density at radius 1 is 1.24 bits per heavy atom. The summed E-state index contributed by atoms with van der Waals surface area (Å²) < 4.78 is 27.1. The van der Waals surface area contributed by atoms with Crippen LogP contribution in [0.1, 0.15) is 30.4 Å². The topological polar surface area (TPSA) is 66.5 Å². The molecule has 0 bridgehead atoms. The lowest BCUT2D eigenvalue weighted by Crippen LogP contribution is -2.38. The molecular formula is C15H20N2O3S. The highest BCUT2D eigenvalue weighted by Gasteiger charge is 2.40. The predicted molar refractivity (Wildman–Crippen MR) is 80.1 cm³/mol. The Kier molecular flexibility index (Phi) is 3.75. The summed E-state index contributed by atoms with van der Waals surface area (Å²) in [5.41, 5.74) is 1.86. The molecule has 1 saturated carbocycles. The highest BCUT2D eigenvalue weighted by Crippen LogP contribution is 2.30. The number of aryl methyl sites for hydroxylation is 1. The first kappa shape index (κ1) is 14.5. The Morgan fingerprint density at radius 3 is 2.52 bits per heavy atom. The molecule has 1 aromatic carbocycles. The van der Waals surface area contributed by atoms with Gasteiger partial charge in [0.15, 0.2) is 0 Å². The van der Waals surface area contributed by atoms with E-state index in [0.717, 1.165) is 24.0 Å². The molecule has 1 unspecified atom stereocenters. The zero-order valence-electron chi connectivity index (χ0n) is 12.1. The number of carbonyl (C=O) groups is 1. The number of hydrogen-bond donors (Lipinski definition) is 1. The second kappa shape index (κ2) is 5.42. The van der Waals surface area contributed by atoms with Gasteiger partial charge in [0.05, 0.1) is 5.75 Å². The van der Waals surface area contributed by atoms with Crippen molar-refractivity contribution in [3.05, 3.63) is 35.4 Å². The molecular weight excluding hydrogens is 288 g/mol. The Morgan fingerprint density at radius 2 is 1.90 bits per heavy atom. The first-order valence-electron chi connectivity index (χ1n) is 7.28. The van der Waals surface area contributed by atoms with Gasteiger partial charge in [0.25, 0.3) is 0 Å². The third kappa shape index (κ3) is 3.63. The summed E-state index contributed by atoms with van der Waals surface area (Å²) >= 11 is 0. The maximum atomic E-state index is 12.2. The van der Waals surface area contributed by atoms with Gasteiger partial charge in [-0.3, -0.25) is 4.79 Å². The molecule has 0 radical (unpaired) electrons. The van der Waals surface area contributed by atoms with Crippen molar-refractivity contribution in [2.24, 2.45) is 0 Å². The molecule has 0 aromatic heterocycles. The van der Waals surface area contributed by atoms with Crippen molar-refractivity contribution in [2.75, 3.05) is 6.54 Å². The van der Waals surface area contributed by atoms with Crippen molar-refractivity contribution >= 4 is 15.9 Å². The predicted octanol–water partition coefficient (Wildman–Crippen LogP) is 1.18. The van der Waals surface area contributed by atoms with E-state index in [4.69, 9.17) is 0 Å². The van der Waals surface area contributed by atoms with E-state index < -0.39 is 10.0 Å². The maximum absolute atomic E-state index is 12.2. The highest BCUT2D eigenvalue weighted by molar-refractivity contribution is 7.88. The van der Waals surface area contributed by atoms with Crippen LogP contribution in [-0.2, 0) is 20.6 Å². The minimum atomic E-state index is -3.41. The first-order chi connectivity index (χ1) is 9.93. The lowest BCUT2D eigenvalue weighted by molar-refractivity contribution is -0.128. The maximum Gasteiger partial charge on any atom is 0.224 e. The summed E-state index contributed by atoms with van der Waals surface area (Å²) in [5, 5.41) is 0. The van der Waals surface area contributed by atoms with Gasteiger partial charge in [-0.2, -0.15) is 0 Å². The zero-order valence-corrected chi connectivity index (χ0v) is 12.9. The fraction of sp³-hybridized carbons (Fsp3) is 0.533. The molecule has 1 amide bonds. The number of likely N-dealkylation sites (tertiary alicyclic amines) is 1. The van der Waals surface area contributed by atoms with Gasteiger partial charge in [-0.25, -0.2) is 13.1 Å². The van der Waals surface area contributed by atoms with Crippen LogP contribution in [0.4, 0.5) is 0 Å². The van der Waals surface area contributed by atoms with E-state index in [9.17, 15) is 13.2 Å². The standard InChI is InChI=1S/C15H20N2O3S/c1-11-2-4-12(5-3-11)10-21(19,20)16-13-8-15(18)17(9-13)14-6-7-14/h2-5,13-14,16H,6-10H2,1H3. The second-order valence-electron chi connectivity index (χ2n) is 6.04. The Labute approximate surface area is 125 Å². The molecule has 114 valence electrons. The molecule has 5 nitrogen and oxygen atoms in total. The van der Waals surface area contributed by atoms with Gasteiger partial charge in [0.2, 0.25) is 15.9 Å². The average Bonchev–Trinajstić information content (AvgIpc) is 3.17. The van der Waals surface area contributed by atoms with E-state index in [1.807, 2.05) is 36.1 Å².